The molecular weight excluding hydrogens is 338 g/mol. The second-order valence-electron chi connectivity index (χ2n) is 5.53. The van der Waals surface area contributed by atoms with Gasteiger partial charge in [0.15, 0.2) is 11.6 Å². The smallest absolute Gasteiger partial charge is 0.275 e. The van der Waals surface area contributed by atoms with Gasteiger partial charge in [0.1, 0.15) is 11.5 Å². The van der Waals surface area contributed by atoms with E-state index in [1.54, 1.807) is 0 Å². The van der Waals surface area contributed by atoms with Crippen molar-refractivity contribution in [3.63, 3.8) is 0 Å². The first-order valence-corrected chi connectivity index (χ1v) is 7.98. The fourth-order valence-corrected chi connectivity index (χ4v) is 2.29. The first-order valence-electron chi connectivity index (χ1n) is 7.98. The highest BCUT2D eigenvalue weighted by Gasteiger charge is 2.10. The monoisotopic (exact) mass is 354 g/mol. The number of nitrogens with zero attached hydrogens (tertiary/aromatic N) is 2. The lowest BCUT2D eigenvalue weighted by Gasteiger charge is -2.07. The number of hydrogen-bond donors (Lipinski definition) is 2. The molecule has 3 rings (SSSR count). The molecule has 0 atom stereocenters. The van der Waals surface area contributed by atoms with E-state index in [1.165, 1.54) is 24.0 Å². The van der Waals surface area contributed by atoms with Gasteiger partial charge in [0, 0.05) is 18.3 Å². The van der Waals surface area contributed by atoms with Crippen LogP contribution in [0.2, 0.25) is 0 Å². The molecule has 5 nitrogen and oxygen atoms in total. The number of nitrogens with one attached hydrogen (secondary N) is 2. The SMILES string of the molecule is O=C(Nc1ccc(F)c(F)c1)c1cnc(NCCc2ccccc2)cn1. The average molecular weight is 354 g/mol. The summed E-state index contributed by atoms with van der Waals surface area (Å²) >= 11 is 0. The topological polar surface area (TPSA) is 66.9 Å². The highest BCUT2D eigenvalue weighted by atomic mass is 19.2. The van der Waals surface area contributed by atoms with Crippen molar-refractivity contribution >= 4 is 17.4 Å². The maximum Gasteiger partial charge on any atom is 0.275 e. The average Bonchev–Trinajstić information content (AvgIpc) is 2.66. The summed E-state index contributed by atoms with van der Waals surface area (Å²) in [4.78, 5) is 20.2. The number of carbonyl (C=O) groups is 1. The Hall–Kier alpha value is -3.35. The van der Waals surface area contributed by atoms with Crippen molar-refractivity contribution in [2.45, 2.75) is 6.42 Å². The number of benzene rings is 2. The van der Waals surface area contributed by atoms with E-state index >= 15 is 0 Å². The summed E-state index contributed by atoms with van der Waals surface area (Å²) in [5, 5.41) is 5.57. The molecule has 0 fully saturated rings. The minimum absolute atomic E-state index is 0.0725. The summed E-state index contributed by atoms with van der Waals surface area (Å²) in [5.41, 5.74) is 1.42. The molecule has 0 saturated carbocycles. The summed E-state index contributed by atoms with van der Waals surface area (Å²) in [5.74, 6) is -2.02. The predicted molar refractivity (Wildman–Crippen MR) is 95.0 cm³/mol. The van der Waals surface area contributed by atoms with E-state index in [-0.39, 0.29) is 11.4 Å². The number of aromatic nitrogens is 2. The molecule has 0 saturated heterocycles. The summed E-state index contributed by atoms with van der Waals surface area (Å²) < 4.78 is 26.1. The molecule has 0 aliphatic heterocycles. The van der Waals surface area contributed by atoms with E-state index in [0.717, 1.165) is 18.6 Å². The minimum Gasteiger partial charge on any atom is -0.368 e. The first kappa shape index (κ1) is 17.5. The Labute approximate surface area is 149 Å². The van der Waals surface area contributed by atoms with Crippen LogP contribution in [0.5, 0.6) is 0 Å². The van der Waals surface area contributed by atoms with Crippen molar-refractivity contribution in [1.29, 1.82) is 0 Å². The zero-order valence-electron chi connectivity index (χ0n) is 13.7. The molecule has 0 unspecified atom stereocenters. The van der Waals surface area contributed by atoms with Gasteiger partial charge in [-0.1, -0.05) is 30.3 Å². The summed E-state index contributed by atoms with van der Waals surface area (Å²) in [6.45, 7) is 0.680. The number of hydrogen-bond acceptors (Lipinski definition) is 4. The van der Waals surface area contributed by atoms with Crippen LogP contribution in [-0.4, -0.2) is 22.4 Å². The number of carbonyl (C=O) groups excluding carboxylic acids is 1. The van der Waals surface area contributed by atoms with E-state index in [2.05, 4.69) is 20.6 Å². The van der Waals surface area contributed by atoms with Crippen LogP contribution in [-0.2, 0) is 6.42 Å². The Morgan fingerprint density at radius 2 is 1.77 bits per heavy atom. The van der Waals surface area contributed by atoms with Gasteiger partial charge in [0.2, 0.25) is 0 Å². The Morgan fingerprint density at radius 3 is 2.46 bits per heavy atom. The van der Waals surface area contributed by atoms with Gasteiger partial charge >= 0.3 is 0 Å². The van der Waals surface area contributed by atoms with Crippen LogP contribution in [0, 0.1) is 11.6 Å². The number of rotatable bonds is 6. The van der Waals surface area contributed by atoms with Crippen LogP contribution in [0.15, 0.2) is 60.9 Å². The van der Waals surface area contributed by atoms with Crippen molar-refractivity contribution in [2.75, 3.05) is 17.2 Å². The maximum atomic E-state index is 13.2. The fraction of sp³-hybridized carbons (Fsp3) is 0.105. The maximum absolute atomic E-state index is 13.2. The Bertz CT molecular complexity index is 886. The number of amides is 1. The minimum atomic E-state index is -1.04. The van der Waals surface area contributed by atoms with Gasteiger partial charge in [-0.15, -0.1) is 0 Å². The van der Waals surface area contributed by atoms with Gasteiger partial charge in [-0.2, -0.15) is 0 Å². The standard InChI is InChI=1S/C19H16F2N4O/c20-15-7-6-14(10-16(15)21)25-19(26)17-11-24-18(12-23-17)22-9-8-13-4-2-1-3-5-13/h1-7,10-12H,8-9H2,(H,22,24)(H,25,26). The zero-order chi connectivity index (χ0) is 18.4. The van der Waals surface area contributed by atoms with E-state index in [9.17, 15) is 13.6 Å². The van der Waals surface area contributed by atoms with Gasteiger partial charge in [-0.25, -0.2) is 18.7 Å². The molecule has 132 valence electrons. The van der Waals surface area contributed by atoms with Crippen LogP contribution in [0.4, 0.5) is 20.3 Å². The van der Waals surface area contributed by atoms with Gasteiger partial charge in [0.25, 0.3) is 5.91 Å². The van der Waals surface area contributed by atoms with Gasteiger partial charge in [0.05, 0.1) is 12.4 Å². The predicted octanol–water partition coefficient (Wildman–Crippen LogP) is 3.66. The lowest BCUT2D eigenvalue weighted by molar-refractivity contribution is 0.102. The van der Waals surface area contributed by atoms with E-state index in [4.69, 9.17) is 0 Å². The Morgan fingerprint density at radius 1 is 0.962 bits per heavy atom. The van der Waals surface area contributed by atoms with Gasteiger partial charge in [-0.3, -0.25) is 4.79 Å². The molecule has 0 aliphatic rings. The lowest BCUT2D eigenvalue weighted by Crippen LogP contribution is -2.15. The Kier molecular flexibility index (Phi) is 5.48. The second-order valence-corrected chi connectivity index (χ2v) is 5.53. The van der Waals surface area contributed by atoms with Crippen LogP contribution < -0.4 is 10.6 Å². The molecule has 1 amide bonds. The highest BCUT2D eigenvalue weighted by molar-refractivity contribution is 6.02. The quantitative estimate of drug-likeness (QED) is 0.709. The lowest BCUT2D eigenvalue weighted by atomic mass is 10.1. The third-order valence-electron chi connectivity index (χ3n) is 3.62. The third-order valence-corrected chi connectivity index (χ3v) is 3.62. The molecule has 7 heteroatoms. The first-order chi connectivity index (χ1) is 12.6. The van der Waals surface area contributed by atoms with E-state index < -0.39 is 17.5 Å². The van der Waals surface area contributed by atoms with Gasteiger partial charge in [-0.05, 0) is 24.1 Å². The van der Waals surface area contributed by atoms with Crippen LogP contribution in [0.3, 0.4) is 0 Å². The molecule has 1 aromatic heterocycles. The van der Waals surface area contributed by atoms with E-state index in [1.807, 2.05) is 30.3 Å². The molecule has 26 heavy (non-hydrogen) atoms. The molecule has 3 aromatic rings. The molecule has 1 heterocycles. The van der Waals surface area contributed by atoms with Crippen LogP contribution in [0.25, 0.3) is 0 Å². The summed E-state index contributed by atoms with van der Waals surface area (Å²) in [6.07, 6.45) is 3.60. The summed E-state index contributed by atoms with van der Waals surface area (Å²) in [7, 11) is 0. The summed E-state index contributed by atoms with van der Waals surface area (Å²) in [6, 6.07) is 13.1. The molecule has 0 spiro atoms. The van der Waals surface area contributed by atoms with Crippen molar-refractivity contribution in [3.05, 3.63) is 83.8 Å². The highest BCUT2D eigenvalue weighted by Crippen LogP contribution is 2.14. The molecule has 0 aliphatic carbocycles. The van der Waals surface area contributed by atoms with Gasteiger partial charge < -0.3 is 10.6 Å². The zero-order valence-corrected chi connectivity index (χ0v) is 13.7. The van der Waals surface area contributed by atoms with Crippen molar-refractivity contribution < 1.29 is 13.6 Å². The van der Waals surface area contributed by atoms with Crippen LogP contribution in [0.1, 0.15) is 16.1 Å². The normalized spacial score (nSPS) is 10.4. The largest absolute Gasteiger partial charge is 0.368 e. The van der Waals surface area contributed by atoms with Crippen molar-refractivity contribution in [2.24, 2.45) is 0 Å². The number of anilines is 2. The van der Waals surface area contributed by atoms with Crippen molar-refractivity contribution in [3.8, 4) is 0 Å². The molecule has 0 radical (unpaired) electrons. The second kappa shape index (κ2) is 8.15. The van der Waals surface area contributed by atoms with Crippen molar-refractivity contribution in [1.82, 2.24) is 9.97 Å². The molecule has 2 aromatic carbocycles. The molecular formula is C19H16F2N4O. The number of halogens is 2. The third kappa shape index (κ3) is 4.60. The fourth-order valence-electron chi connectivity index (χ4n) is 2.29. The van der Waals surface area contributed by atoms with Crippen LogP contribution >= 0.6 is 0 Å². The van der Waals surface area contributed by atoms with E-state index in [0.29, 0.717) is 12.4 Å². The molecule has 0 bridgehead atoms. The Balaban J connectivity index is 1.54. The molecule has 2 N–H and O–H groups in total.